The SMILES string of the molecule is COc1cccc(-c2cc(C#N)ccc2C)c1F. The van der Waals surface area contributed by atoms with Crippen LogP contribution >= 0.6 is 0 Å². The standard InChI is InChI=1S/C15H12FNO/c1-10-6-7-11(9-17)8-13(10)12-4-3-5-14(18-2)15(12)16/h3-8H,1-2H3. The van der Waals surface area contributed by atoms with Gasteiger partial charge in [-0.05, 0) is 36.2 Å². The second-order valence-corrected chi connectivity index (χ2v) is 3.96. The number of hydrogen-bond donors (Lipinski definition) is 0. The van der Waals surface area contributed by atoms with Gasteiger partial charge in [0.05, 0.1) is 18.7 Å². The molecule has 0 unspecified atom stereocenters. The van der Waals surface area contributed by atoms with Crippen LogP contribution in [0.15, 0.2) is 36.4 Å². The van der Waals surface area contributed by atoms with E-state index in [1.165, 1.54) is 7.11 Å². The Hall–Kier alpha value is -2.34. The van der Waals surface area contributed by atoms with Gasteiger partial charge in [-0.2, -0.15) is 5.26 Å². The van der Waals surface area contributed by atoms with Crippen LogP contribution in [0.4, 0.5) is 4.39 Å². The van der Waals surface area contributed by atoms with Crippen LogP contribution in [-0.4, -0.2) is 7.11 Å². The summed E-state index contributed by atoms with van der Waals surface area (Å²) in [6, 6.07) is 12.3. The molecule has 0 heterocycles. The van der Waals surface area contributed by atoms with Crippen molar-refractivity contribution < 1.29 is 9.13 Å². The average Bonchev–Trinajstić information content (AvgIpc) is 2.40. The molecule has 0 atom stereocenters. The normalized spacial score (nSPS) is 9.89. The highest BCUT2D eigenvalue weighted by Gasteiger charge is 2.12. The molecule has 0 aromatic heterocycles. The number of benzene rings is 2. The van der Waals surface area contributed by atoms with Gasteiger partial charge in [0.2, 0.25) is 0 Å². The highest BCUT2D eigenvalue weighted by atomic mass is 19.1. The summed E-state index contributed by atoms with van der Waals surface area (Å²) in [6.45, 7) is 1.88. The first-order valence-electron chi connectivity index (χ1n) is 5.51. The van der Waals surface area contributed by atoms with Gasteiger partial charge < -0.3 is 4.74 Å². The summed E-state index contributed by atoms with van der Waals surface area (Å²) >= 11 is 0. The quantitative estimate of drug-likeness (QED) is 0.803. The van der Waals surface area contributed by atoms with E-state index >= 15 is 0 Å². The predicted molar refractivity (Wildman–Crippen MR) is 67.8 cm³/mol. The highest BCUT2D eigenvalue weighted by Crippen LogP contribution is 2.31. The molecule has 18 heavy (non-hydrogen) atoms. The number of nitriles is 1. The Morgan fingerprint density at radius 3 is 2.61 bits per heavy atom. The van der Waals surface area contributed by atoms with Crippen LogP contribution in [0.5, 0.6) is 5.75 Å². The van der Waals surface area contributed by atoms with Crippen molar-refractivity contribution in [2.45, 2.75) is 6.92 Å². The molecule has 0 bridgehead atoms. The number of methoxy groups -OCH3 is 1. The molecule has 0 fully saturated rings. The molecule has 2 aromatic rings. The van der Waals surface area contributed by atoms with Gasteiger partial charge in [-0.25, -0.2) is 4.39 Å². The summed E-state index contributed by atoms with van der Waals surface area (Å²) in [4.78, 5) is 0. The maximum absolute atomic E-state index is 14.2. The summed E-state index contributed by atoms with van der Waals surface area (Å²) in [5.74, 6) is -0.201. The summed E-state index contributed by atoms with van der Waals surface area (Å²) in [5, 5.41) is 8.90. The zero-order valence-corrected chi connectivity index (χ0v) is 10.2. The van der Waals surface area contributed by atoms with E-state index < -0.39 is 5.82 Å². The largest absolute Gasteiger partial charge is 0.494 e. The van der Waals surface area contributed by atoms with Crippen molar-refractivity contribution in [3.05, 3.63) is 53.3 Å². The lowest BCUT2D eigenvalue weighted by Gasteiger charge is -2.10. The van der Waals surface area contributed by atoms with Crippen LogP contribution < -0.4 is 4.74 Å². The van der Waals surface area contributed by atoms with Crippen LogP contribution in [0.2, 0.25) is 0 Å². The number of nitrogens with zero attached hydrogens (tertiary/aromatic N) is 1. The van der Waals surface area contributed by atoms with Crippen molar-refractivity contribution in [3.63, 3.8) is 0 Å². The number of hydrogen-bond acceptors (Lipinski definition) is 2. The van der Waals surface area contributed by atoms with Crippen LogP contribution in [0, 0.1) is 24.1 Å². The third kappa shape index (κ3) is 2.05. The number of ether oxygens (including phenoxy) is 1. The summed E-state index contributed by atoms with van der Waals surface area (Å²) in [7, 11) is 1.43. The van der Waals surface area contributed by atoms with Gasteiger partial charge in [0.1, 0.15) is 0 Å². The summed E-state index contributed by atoms with van der Waals surface area (Å²) < 4.78 is 19.1. The average molecular weight is 241 g/mol. The van der Waals surface area contributed by atoms with E-state index in [-0.39, 0.29) is 5.75 Å². The predicted octanol–water partition coefficient (Wildman–Crippen LogP) is 3.68. The van der Waals surface area contributed by atoms with E-state index in [2.05, 4.69) is 6.07 Å². The first-order valence-corrected chi connectivity index (χ1v) is 5.51. The lowest BCUT2D eigenvalue weighted by Crippen LogP contribution is -1.93. The Balaban J connectivity index is 2.66. The maximum atomic E-state index is 14.2. The molecule has 0 aliphatic heterocycles. The molecule has 3 heteroatoms. The third-order valence-corrected chi connectivity index (χ3v) is 2.84. The molecular formula is C15H12FNO. The highest BCUT2D eigenvalue weighted by molar-refractivity contribution is 5.70. The zero-order valence-electron chi connectivity index (χ0n) is 10.2. The fraction of sp³-hybridized carbons (Fsp3) is 0.133. The summed E-state index contributed by atoms with van der Waals surface area (Å²) in [6.07, 6.45) is 0. The van der Waals surface area contributed by atoms with Crippen LogP contribution in [0.3, 0.4) is 0 Å². The Morgan fingerprint density at radius 2 is 1.94 bits per heavy atom. The van der Waals surface area contributed by atoms with Gasteiger partial charge in [0, 0.05) is 5.56 Å². The fourth-order valence-corrected chi connectivity index (χ4v) is 1.86. The molecule has 2 rings (SSSR count). The second-order valence-electron chi connectivity index (χ2n) is 3.96. The molecule has 0 saturated carbocycles. The zero-order chi connectivity index (χ0) is 13.1. The fourth-order valence-electron chi connectivity index (χ4n) is 1.86. The number of halogens is 1. The van der Waals surface area contributed by atoms with Crippen molar-refractivity contribution in [2.24, 2.45) is 0 Å². The molecule has 2 aromatic carbocycles. The van der Waals surface area contributed by atoms with Crippen molar-refractivity contribution in [1.82, 2.24) is 0 Å². The van der Waals surface area contributed by atoms with Gasteiger partial charge in [-0.3, -0.25) is 0 Å². The summed E-state index contributed by atoms with van der Waals surface area (Å²) in [5.41, 5.74) is 2.59. The Bertz CT molecular complexity index is 629. The minimum Gasteiger partial charge on any atom is -0.494 e. The minimum absolute atomic E-state index is 0.203. The molecule has 0 spiro atoms. The third-order valence-electron chi connectivity index (χ3n) is 2.84. The lowest BCUT2D eigenvalue weighted by atomic mass is 9.98. The Morgan fingerprint density at radius 1 is 1.17 bits per heavy atom. The van der Waals surface area contributed by atoms with E-state index in [1.807, 2.05) is 13.0 Å². The Labute approximate surface area is 105 Å². The lowest BCUT2D eigenvalue weighted by molar-refractivity contribution is 0.387. The molecule has 0 radical (unpaired) electrons. The molecule has 0 aliphatic rings. The topological polar surface area (TPSA) is 33.0 Å². The molecule has 90 valence electrons. The van der Waals surface area contributed by atoms with Crippen LogP contribution in [0.1, 0.15) is 11.1 Å². The molecule has 0 N–H and O–H groups in total. The van der Waals surface area contributed by atoms with E-state index in [9.17, 15) is 4.39 Å². The first-order chi connectivity index (χ1) is 8.67. The Kier molecular flexibility index (Phi) is 3.29. The van der Waals surface area contributed by atoms with E-state index in [0.717, 1.165) is 5.56 Å². The molecular weight excluding hydrogens is 229 g/mol. The smallest absolute Gasteiger partial charge is 0.172 e. The molecule has 0 amide bonds. The van der Waals surface area contributed by atoms with Gasteiger partial charge in [0.15, 0.2) is 11.6 Å². The van der Waals surface area contributed by atoms with E-state index in [4.69, 9.17) is 10.00 Å². The number of rotatable bonds is 2. The van der Waals surface area contributed by atoms with Crippen molar-refractivity contribution in [1.29, 1.82) is 5.26 Å². The van der Waals surface area contributed by atoms with E-state index in [0.29, 0.717) is 16.7 Å². The van der Waals surface area contributed by atoms with Gasteiger partial charge in [-0.1, -0.05) is 18.2 Å². The van der Waals surface area contributed by atoms with Crippen LogP contribution in [-0.2, 0) is 0 Å². The molecule has 0 saturated heterocycles. The van der Waals surface area contributed by atoms with Crippen molar-refractivity contribution in [3.8, 4) is 22.9 Å². The van der Waals surface area contributed by atoms with Crippen LogP contribution in [0.25, 0.3) is 11.1 Å². The second kappa shape index (κ2) is 4.89. The van der Waals surface area contributed by atoms with Crippen molar-refractivity contribution in [2.75, 3.05) is 7.11 Å². The molecule has 2 nitrogen and oxygen atoms in total. The maximum Gasteiger partial charge on any atom is 0.172 e. The number of aryl methyl sites for hydroxylation is 1. The van der Waals surface area contributed by atoms with E-state index in [1.54, 1.807) is 30.3 Å². The van der Waals surface area contributed by atoms with Gasteiger partial charge in [-0.15, -0.1) is 0 Å². The monoisotopic (exact) mass is 241 g/mol. The van der Waals surface area contributed by atoms with Crippen molar-refractivity contribution >= 4 is 0 Å². The van der Waals surface area contributed by atoms with Gasteiger partial charge in [0.25, 0.3) is 0 Å². The molecule has 0 aliphatic carbocycles. The van der Waals surface area contributed by atoms with Gasteiger partial charge >= 0.3 is 0 Å². The first kappa shape index (κ1) is 12.1. The minimum atomic E-state index is -0.404.